The summed E-state index contributed by atoms with van der Waals surface area (Å²) in [5.41, 5.74) is 2.04. The lowest BCUT2D eigenvalue weighted by molar-refractivity contribution is -0.384. The van der Waals surface area contributed by atoms with Crippen LogP contribution in [0.1, 0.15) is 5.56 Å². The number of ether oxygens (including phenoxy) is 2. The highest BCUT2D eigenvalue weighted by molar-refractivity contribution is 9.10. The first-order valence-corrected chi connectivity index (χ1v) is 13.0. The Balaban J connectivity index is 1.57. The molecule has 186 valence electrons. The minimum Gasteiger partial charge on any atom is -0.348 e. The fourth-order valence-corrected chi connectivity index (χ4v) is 5.74. The third kappa shape index (κ3) is 4.67. The Morgan fingerprint density at radius 1 is 1.08 bits per heavy atom. The third-order valence-corrected chi connectivity index (χ3v) is 7.97. The first kappa shape index (κ1) is 24.2. The van der Waals surface area contributed by atoms with Gasteiger partial charge in [-0.25, -0.2) is 23.4 Å². The molecular weight excluding hydrogens is 556 g/mol. The van der Waals surface area contributed by atoms with Crippen molar-refractivity contribution in [3.05, 3.63) is 81.5 Å². The van der Waals surface area contributed by atoms with Gasteiger partial charge in [0.25, 0.3) is 15.7 Å². The summed E-state index contributed by atoms with van der Waals surface area (Å²) in [4.78, 5) is 23.1. The minimum absolute atomic E-state index is 0.0920. The van der Waals surface area contributed by atoms with E-state index in [0.29, 0.717) is 40.2 Å². The van der Waals surface area contributed by atoms with Gasteiger partial charge in [0.1, 0.15) is 16.4 Å². The minimum atomic E-state index is -4.14. The second-order valence-corrected chi connectivity index (χ2v) is 10.4. The van der Waals surface area contributed by atoms with E-state index in [0.717, 1.165) is 12.1 Å². The van der Waals surface area contributed by atoms with E-state index in [1.807, 2.05) is 12.1 Å². The van der Waals surface area contributed by atoms with Crippen LogP contribution in [0.2, 0.25) is 0 Å². The largest absolute Gasteiger partial charge is 0.348 e. The maximum Gasteiger partial charge on any atom is 0.269 e. The first-order valence-electron chi connectivity index (χ1n) is 10.7. The number of anilines is 1. The van der Waals surface area contributed by atoms with Gasteiger partial charge in [-0.1, -0.05) is 18.2 Å². The van der Waals surface area contributed by atoms with Crippen molar-refractivity contribution in [2.24, 2.45) is 0 Å². The van der Waals surface area contributed by atoms with Crippen LogP contribution in [0.4, 0.5) is 11.4 Å². The smallest absolute Gasteiger partial charge is 0.269 e. The number of nitro groups is 1. The molecule has 0 N–H and O–H groups in total. The fraction of sp³-hybridized carbons (Fsp3) is 0.227. The van der Waals surface area contributed by atoms with E-state index in [-0.39, 0.29) is 23.7 Å². The molecule has 0 amide bonds. The SMILES string of the molecule is O=[N+]([O-])c1ccc(S(=O)(=O)N(CC2OCCO2)c2ccccc2Cn2cnc3c(Br)ncnc32)cc1. The fourth-order valence-electron chi connectivity index (χ4n) is 3.88. The molecular formula is C22H19BrN6O6S. The number of fused-ring (bicyclic) bond motifs is 1. The average Bonchev–Trinajstić information content (AvgIpc) is 3.54. The van der Waals surface area contributed by atoms with Gasteiger partial charge in [-0.05, 0) is 39.7 Å². The molecule has 4 aromatic rings. The zero-order valence-electron chi connectivity index (χ0n) is 18.6. The molecule has 0 unspecified atom stereocenters. The number of hydrogen-bond acceptors (Lipinski definition) is 9. The molecule has 1 aliphatic rings. The van der Waals surface area contributed by atoms with E-state index in [2.05, 4.69) is 30.9 Å². The summed E-state index contributed by atoms with van der Waals surface area (Å²) >= 11 is 3.36. The Morgan fingerprint density at radius 3 is 2.53 bits per heavy atom. The van der Waals surface area contributed by atoms with Gasteiger partial charge in [0.05, 0.1) is 48.1 Å². The van der Waals surface area contributed by atoms with Gasteiger partial charge in [-0.15, -0.1) is 0 Å². The number of sulfonamides is 1. The van der Waals surface area contributed by atoms with Crippen LogP contribution in [0.25, 0.3) is 11.2 Å². The molecule has 0 saturated carbocycles. The second-order valence-electron chi connectivity index (χ2n) is 7.80. The number of halogens is 1. The number of imidazole rings is 1. The number of para-hydroxylation sites is 1. The molecule has 1 saturated heterocycles. The van der Waals surface area contributed by atoms with Crippen LogP contribution in [-0.4, -0.2) is 58.9 Å². The van der Waals surface area contributed by atoms with Crippen molar-refractivity contribution in [1.29, 1.82) is 0 Å². The predicted molar refractivity (Wildman–Crippen MR) is 132 cm³/mol. The maximum absolute atomic E-state index is 13.8. The van der Waals surface area contributed by atoms with E-state index >= 15 is 0 Å². The molecule has 12 nitrogen and oxygen atoms in total. The average molecular weight is 575 g/mol. The zero-order valence-corrected chi connectivity index (χ0v) is 21.0. The van der Waals surface area contributed by atoms with Gasteiger partial charge < -0.3 is 14.0 Å². The number of rotatable bonds is 8. The van der Waals surface area contributed by atoms with Crippen LogP contribution in [0.15, 0.2) is 70.7 Å². The molecule has 36 heavy (non-hydrogen) atoms. The van der Waals surface area contributed by atoms with E-state index in [1.165, 1.54) is 22.8 Å². The van der Waals surface area contributed by atoms with E-state index < -0.39 is 21.2 Å². The molecule has 1 aliphatic heterocycles. The van der Waals surface area contributed by atoms with Gasteiger partial charge in [0.15, 0.2) is 11.9 Å². The standard InChI is InChI=1S/C22H19BrN6O6S/c23-21-20-22(25-13-24-21)27(14-26-20)11-15-3-1-2-4-18(15)28(12-19-34-9-10-35-19)36(32,33)17-7-5-16(6-8-17)29(30)31/h1-8,13-14,19H,9-12H2. The topological polar surface area (TPSA) is 143 Å². The van der Waals surface area contributed by atoms with Crippen molar-refractivity contribution in [2.45, 2.75) is 17.7 Å². The zero-order chi connectivity index (χ0) is 25.3. The Hall–Kier alpha value is -3.46. The molecule has 2 aromatic carbocycles. The van der Waals surface area contributed by atoms with Crippen LogP contribution in [0.5, 0.6) is 0 Å². The van der Waals surface area contributed by atoms with Crippen LogP contribution >= 0.6 is 15.9 Å². The van der Waals surface area contributed by atoms with Gasteiger partial charge >= 0.3 is 0 Å². The summed E-state index contributed by atoms with van der Waals surface area (Å²) in [5, 5.41) is 11.1. The van der Waals surface area contributed by atoms with E-state index in [9.17, 15) is 18.5 Å². The monoisotopic (exact) mass is 574 g/mol. The molecule has 1 fully saturated rings. The lowest BCUT2D eigenvalue weighted by Crippen LogP contribution is -2.38. The van der Waals surface area contributed by atoms with Crippen LogP contribution < -0.4 is 4.31 Å². The van der Waals surface area contributed by atoms with Crippen molar-refractivity contribution < 1.29 is 22.8 Å². The number of benzene rings is 2. The lowest BCUT2D eigenvalue weighted by atomic mass is 10.1. The molecule has 0 bridgehead atoms. The highest BCUT2D eigenvalue weighted by Gasteiger charge is 2.32. The molecule has 0 atom stereocenters. The van der Waals surface area contributed by atoms with Crippen molar-refractivity contribution in [3.8, 4) is 0 Å². The highest BCUT2D eigenvalue weighted by Crippen LogP contribution is 2.30. The maximum atomic E-state index is 13.8. The Bertz CT molecular complexity index is 1520. The third-order valence-electron chi connectivity index (χ3n) is 5.60. The Kier molecular flexibility index (Phi) is 6.66. The second kappa shape index (κ2) is 9.89. The summed E-state index contributed by atoms with van der Waals surface area (Å²) in [7, 11) is -4.14. The number of hydrogen-bond donors (Lipinski definition) is 0. The quantitative estimate of drug-likeness (QED) is 0.176. The summed E-state index contributed by atoms with van der Waals surface area (Å²) in [6, 6.07) is 11.8. The lowest BCUT2D eigenvalue weighted by Gasteiger charge is -2.28. The molecule has 3 heterocycles. The summed E-state index contributed by atoms with van der Waals surface area (Å²) < 4.78 is 42.3. The highest BCUT2D eigenvalue weighted by atomic mass is 79.9. The Labute approximate surface area is 213 Å². The van der Waals surface area contributed by atoms with Crippen LogP contribution in [-0.2, 0) is 26.0 Å². The first-order chi connectivity index (χ1) is 17.3. The molecule has 14 heteroatoms. The predicted octanol–water partition coefficient (Wildman–Crippen LogP) is 3.11. The molecule has 5 rings (SSSR count). The molecule has 2 aromatic heterocycles. The van der Waals surface area contributed by atoms with Crippen molar-refractivity contribution in [1.82, 2.24) is 19.5 Å². The van der Waals surface area contributed by atoms with Crippen molar-refractivity contribution >= 4 is 48.5 Å². The number of aromatic nitrogens is 4. The van der Waals surface area contributed by atoms with Crippen molar-refractivity contribution in [3.63, 3.8) is 0 Å². The normalized spacial score (nSPS) is 14.4. The number of nitrogens with zero attached hydrogens (tertiary/aromatic N) is 6. The van der Waals surface area contributed by atoms with Gasteiger partial charge in [0.2, 0.25) is 0 Å². The summed E-state index contributed by atoms with van der Waals surface area (Å²) in [6.07, 6.45) is 2.26. The summed E-state index contributed by atoms with van der Waals surface area (Å²) in [5.74, 6) is 0. The van der Waals surface area contributed by atoms with Crippen LogP contribution in [0, 0.1) is 10.1 Å². The Morgan fingerprint density at radius 2 is 1.81 bits per heavy atom. The molecule has 0 spiro atoms. The summed E-state index contributed by atoms with van der Waals surface area (Å²) in [6.45, 7) is 0.879. The van der Waals surface area contributed by atoms with Gasteiger partial charge in [-0.3, -0.25) is 14.4 Å². The van der Waals surface area contributed by atoms with Gasteiger partial charge in [0, 0.05) is 12.1 Å². The van der Waals surface area contributed by atoms with E-state index in [1.54, 1.807) is 23.0 Å². The molecule has 0 aliphatic carbocycles. The van der Waals surface area contributed by atoms with Gasteiger partial charge in [-0.2, -0.15) is 0 Å². The van der Waals surface area contributed by atoms with Crippen LogP contribution in [0.3, 0.4) is 0 Å². The molecule has 0 radical (unpaired) electrons. The van der Waals surface area contributed by atoms with Crippen molar-refractivity contribution in [2.75, 3.05) is 24.1 Å². The number of non-ortho nitro benzene ring substituents is 1. The number of nitro benzene ring substituents is 1. The van der Waals surface area contributed by atoms with E-state index in [4.69, 9.17) is 9.47 Å².